The lowest BCUT2D eigenvalue weighted by Gasteiger charge is -2.35. The van der Waals surface area contributed by atoms with Crippen molar-refractivity contribution in [3.63, 3.8) is 0 Å². The number of nitrogens with zero attached hydrogens (tertiary/aromatic N) is 3. The molecule has 2 aliphatic rings. The van der Waals surface area contributed by atoms with Crippen LogP contribution in [0.25, 0.3) is 11.0 Å². The van der Waals surface area contributed by atoms with Crippen molar-refractivity contribution in [2.45, 2.75) is 64.4 Å². The molecule has 2 aromatic carbocycles. The number of alkyl halides is 3. The van der Waals surface area contributed by atoms with Crippen LogP contribution in [0.15, 0.2) is 40.8 Å². The van der Waals surface area contributed by atoms with Crippen LogP contribution in [0.4, 0.5) is 24.5 Å². The van der Waals surface area contributed by atoms with Crippen LogP contribution in [0.1, 0.15) is 48.1 Å². The Morgan fingerprint density at radius 2 is 1.79 bits per heavy atom. The zero-order valence-corrected chi connectivity index (χ0v) is 23.7. The summed E-state index contributed by atoms with van der Waals surface area (Å²) in [5, 5.41) is 15.2. The molecule has 2 fully saturated rings. The second-order valence-corrected chi connectivity index (χ2v) is 11.2. The van der Waals surface area contributed by atoms with E-state index in [9.17, 15) is 28.1 Å². The van der Waals surface area contributed by atoms with Crippen LogP contribution in [0.5, 0.6) is 0 Å². The molecule has 1 aromatic heterocycles. The molecule has 0 bridgehead atoms. The van der Waals surface area contributed by atoms with E-state index in [4.69, 9.17) is 9.15 Å². The fourth-order valence-corrected chi connectivity index (χ4v) is 5.80. The number of nitrogens with one attached hydrogen (secondary N) is 1. The van der Waals surface area contributed by atoms with Gasteiger partial charge in [-0.3, -0.25) is 19.8 Å². The van der Waals surface area contributed by atoms with Crippen LogP contribution in [0.2, 0.25) is 0 Å². The third kappa shape index (κ3) is 6.87. The lowest BCUT2D eigenvalue weighted by Crippen LogP contribution is -2.49. The van der Waals surface area contributed by atoms with Gasteiger partial charge >= 0.3 is 6.18 Å². The maximum Gasteiger partial charge on any atom is 0.423 e. The highest BCUT2D eigenvalue weighted by Crippen LogP contribution is 2.38. The second kappa shape index (κ2) is 12.3. The molecule has 5 rings (SSSR count). The lowest BCUT2D eigenvalue weighted by atomic mass is 9.92. The minimum atomic E-state index is -4.82. The minimum absolute atomic E-state index is 0.00207. The molecule has 1 N–H and O–H groups in total. The van der Waals surface area contributed by atoms with Gasteiger partial charge in [-0.15, -0.1) is 0 Å². The van der Waals surface area contributed by atoms with Crippen molar-refractivity contribution in [1.29, 1.82) is 0 Å². The Bertz CT molecular complexity index is 1440. The van der Waals surface area contributed by atoms with Gasteiger partial charge in [0.2, 0.25) is 5.91 Å². The molecule has 3 aromatic rings. The topological polar surface area (TPSA) is 101 Å². The maximum atomic E-state index is 13.3. The Morgan fingerprint density at radius 1 is 1.07 bits per heavy atom. The SMILES string of the molecule is Cc1ccc2oc(CN3CCN(C(=O)CO[C@H]4CC[C@H](Nc5ccc([N+](=O)[O-])c(C(F)(F)F)c5)CC4)CC3)c(C)c2c1. The number of nitro groups is 1. The smallest absolute Gasteiger partial charge is 0.423 e. The number of benzene rings is 2. The lowest BCUT2D eigenvalue weighted by molar-refractivity contribution is -0.388. The van der Waals surface area contributed by atoms with Crippen molar-refractivity contribution in [1.82, 2.24) is 9.80 Å². The van der Waals surface area contributed by atoms with Crippen molar-refractivity contribution in [2.24, 2.45) is 0 Å². The summed E-state index contributed by atoms with van der Waals surface area (Å²) < 4.78 is 51.9. The number of fused-ring (bicyclic) bond motifs is 1. The summed E-state index contributed by atoms with van der Waals surface area (Å²) in [5.41, 5.74) is 1.20. The summed E-state index contributed by atoms with van der Waals surface area (Å²) >= 11 is 0. The number of carbonyl (C=O) groups is 1. The Balaban J connectivity index is 1.04. The van der Waals surface area contributed by atoms with E-state index in [-0.39, 0.29) is 30.3 Å². The molecule has 1 aliphatic heterocycles. The summed E-state index contributed by atoms with van der Waals surface area (Å²) in [5.74, 6) is 0.911. The maximum absolute atomic E-state index is 13.3. The molecule has 0 atom stereocenters. The van der Waals surface area contributed by atoms with Crippen molar-refractivity contribution >= 4 is 28.3 Å². The largest absolute Gasteiger partial charge is 0.459 e. The molecular weight excluding hydrogens is 553 g/mol. The third-order valence-corrected chi connectivity index (χ3v) is 8.27. The third-order valence-electron chi connectivity index (χ3n) is 8.27. The van der Waals surface area contributed by atoms with Gasteiger partial charge in [-0.1, -0.05) is 11.6 Å². The van der Waals surface area contributed by atoms with Crippen LogP contribution >= 0.6 is 0 Å². The predicted molar refractivity (Wildman–Crippen MR) is 151 cm³/mol. The quantitative estimate of drug-likeness (QED) is 0.252. The van der Waals surface area contributed by atoms with E-state index >= 15 is 0 Å². The van der Waals surface area contributed by atoms with Crippen LogP contribution in [0.3, 0.4) is 0 Å². The highest BCUT2D eigenvalue weighted by Gasteiger charge is 2.38. The Kier molecular flexibility index (Phi) is 8.74. The zero-order chi connectivity index (χ0) is 30.0. The molecule has 12 heteroatoms. The summed E-state index contributed by atoms with van der Waals surface area (Å²) in [6, 6.07) is 9.07. The molecule has 2 heterocycles. The van der Waals surface area contributed by atoms with Gasteiger partial charge in [0, 0.05) is 49.4 Å². The molecule has 0 spiro atoms. The highest BCUT2D eigenvalue weighted by molar-refractivity contribution is 5.82. The Morgan fingerprint density at radius 3 is 2.45 bits per heavy atom. The average molecular weight is 589 g/mol. The number of ether oxygens (including phenoxy) is 1. The first-order valence-corrected chi connectivity index (χ1v) is 14.2. The normalized spacial score (nSPS) is 20.2. The second-order valence-electron chi connectivity index (χ2n) is 11.2. The zero-order valence-electron chi connectivity index (χ0n) is 23.7. The van der Waals surface area contributed by atoms with Crippen LogP contribution < -0.4 is 5.32 Å². The van der Waals surface area contributed by atoms with E-state index in [0.29, 0.717) is 45.3 Å². The first kappa shape index (κ1) is 29.8. The minimum Gasteiger partial charge on any atom is -0.459 e. The molecular formula is C30H35F3N4O5. The number of furan rings is 1. The van der Waals surface area contributed by atoms with E-state index in [1.165, 1.54) is 11.6 Å². The van der Waals surface area contributed by atoms with E-state index in [1.807, 2.05) is 17.0 Å². The van der Waals surface area contributed by atoms with E-state index < -0.39 is 22.4 Å². The van der Waals surface area contributed by atoms with Gasteiger partial charge in [-0.2, -0.15) is 13.2 Å². The van der Waals surface area contributed by atoms with Gasteiger partial charge in [0.25, 0.3) is 5.69 Å². The number of aryl methyl sites for hydroxylation is 2. The number of hydrogen-bond donors (Lipinski definition) is 1. The standard InChI is InChI=1S/C30H35F3N4O5/c1-19-3-10-27-24(15-19)20(2)28(42-27)17-35-11-13-36(14-12-35)29(38)18-41-23-7-4-21(5-8-23)34-22-6-9-26(37(39)40)25(16-22)30(31,32)33/h3,6,9-10,15-16,21,23,34H,4-5,7-8,11-14,17-18H2,1-2H3/t21-,23-. The molecule has 226 valence electrons. The predicted octanol–water partition coefficient (Wildman–Crippen LogP) is 6.06. The van der Waals surface area contributed by atoms with Gasteiger partial charge in [0.15, 0.2) is 0 Å². The molecule has 42 heavy (non-hydrogen) atoms. The summed E-state index contributed by atoms with van der Waals surface area (Å²) in [6.45, 7) is 7.58. The number of carbonyl (C=O) groups excluding carboxylic acids is 1. The monoisotopic (exact) mass is 588 g/mol. The van der Waals surface area contributed by atoms with E-state index in [0.717, 1.165) is 47.5 Å². The number of anilines is 1. The highest BCUT2D eigenvalue weighted by atomic mass is 19.4. The first-order chi connectivity index (χ1) is 20.0. The average Bonchev–Trinajstić information content (AvgIpc) is 3.26. The van der Waals surface area contributed by atoms with Crippen molar-refractivity contribution in [2.75, 3.05) is 38.1 Å². The molecule has 1 saturated carbocycles. The number of halogens is 3. The molecule has 0 unspecified atom stereocenters. The number of amides is 1. The first-order valence-electron chi connectivity index (χ1n) is 14.2. The number of rotatable bonds is 8. The van der Waals surface area contributed by atoms with E-state index in [2.05, 4.69) is 30.1 Å². The summed E-state index contributed by atoms with van der Waals surface area (Å²) in [6.07, 6.45) is -2.30. The summed E-state index contributed by atoms with van der Waals surface area (Å²) in [4.78, 5) is 26.9. The van der Waals surface area contributed by atoms with Crippen LogP contribution in [0, 0.1) is 24.0 Å². The Hall–Kier alpha value is -3.64. The molecule has 0 radical (unpaired) electrons. The summed E-state index contributed by atoms with van der Waals surface area (Å²) in [7, 11) is 0. The number of hydrogen-bond acceptors (Lipinski definition) is 7. The van der Waals surface area contributed by atoms with Gasteiger partial charge in [0.1, 0.15) is 23.5 Å². The number of nitro benzene ring substituents is 1. The molecule has 1 aliphatic carbocycles. The van der Waals surface area contributed by atoms with E-state index in [1.54, 1.807) is 0 Å². The van der Waals surface area contributed by atoms with Gasteiger partial charge in [0.05, 0.1) is 17.6 Å². The van der Waals surface area contributed by atoms with Crippen molar-refractivity contribution < 1.29 is 32.0 Å². The fraction of sp³-hybridized carbons (Fsp3) is 0.500. The number of piperazine rings is 1. The van der Waals surface area contributed by atoms with Gasteiger partial charge in [-0.25, -0.2) is 0 Å². The molecule has 1 amide bonds. The Labute approximate surface area is 241 Å². The van der Waals surface area contributed by atoms with Crippen LogP contribution in [-0.2, 0) is 22.3 Å². The van der Waals surface area contributed by atoms with Crippen molar-refractivity contribution in [3.8, 4) is 0 Å². The fourth-order valence-electron chi connectivity index (χ4n) is 5.80. The molecule has 1 saturated heterocycles. The van der Waals surface area contributed by atoms with Crippen molar-refractivity contribution in [3.05, 3.63) is 69.0 Å². The van der Waals surface area contributed by atoms with Crippen LogP contribution in [-0.4, -0.2) is 65.6 Å². The van der Waals surface area contributed by atoms with Gasteiger partial charge < -0.3 is 19.4 Å². The van der Waals surface area contributed by atoms with Gasteiger partial charge in [-0.05, 0) is 69.4 Å². The molecule has 9 nitrogen and oxygen atoms in total.